The second-order valence-corrected chi connectivity index (χ2v) is 5.64. The summed E-state index contributed by atoms with van der Waals surface area (Å²) in [5, 5.41) is 0. The maximum atomic E-state index is 11.4. The average molecular weight is 249 g/mol. The first kappa shape index (κ1) is 13.4. The highest BCUT2D eigenvalue weighted by Crippen LogP contribution is 2.11. The van der Waals surface area contributed by atoms with Crippen molar-refractivity contribution >= 4 is 33.4 Å². The van der Waals surface area contributed by atoms with Crippen molar-refractivity contribution in [2.45, 2.75) is 12.5 Å². The number of halogens is 2. The lowest BCUT2D eigenvalue weighted by Crippen LogP contribution is -2.52. The summed E-state index contributed by atoms with van der Waals surface area (Å²) in [5.74, 6) is 0.257. The maximum Gasteiger partial charge on any atom is 0.279 e. The molecule has 0 fully saturated rings. The van der Waals surface area contributed by atoms with Gasteiger partial charge in [0.1, 0.15) is 0 Å². The molecular formula is C6H14Cl2N2O2S. The molecule has 0 aliphatic heterocycles. The van der Waals surface area contributed by atoms with Crippen LogP contribution < -0.4 is 4.72 Å². The molecule has 0 saturated heterocycles. The van der Waals surface area contributed by atoms with Crippen LogP contribution in [0, 0.1) is 0 Å². The highest BCUT2D eigenvalue weighted by Gasteiger charge is 2.29. The Kier molecular flexibility index (Phi) is 4.96. The molecule has 80 valence electrons. The van der Waals surface area contributed by atoms with Crippen LogP contribution in [-0.2, 0) is 10.2 Å². The van der Waals surface area contributed by atoms with Gasteiger partial charge in [0.25, 0.3) is 10.2 Å². The number of rotatable bonds is 5. The lowest BCUT2D eigenvalue weighted by Gasteiger charge is -2.27. The fourth-order valence-electron chi connectivity index (χ4n) is 0.493. The first-order chi connectivity index (χ1) is 5.77. The SMILES string of the molecule is CN(C)S(=O)(=O)NC(C)(CCl)CCl. The molecule has 0 radical (unpaired) electrons. The Balaban J connectivity index is 4.60. The van der Waals surface area contributed by atoms with Gasteiger partial charge in [-0.1, -0.05) is 0 Å². The predicted molar refractivity (Wildman–Crippen MR) is 55.6 cm³/mol. The van der Waals surface area contributed by atoms with E-state index in [0.29, 0.717) is 0 Å². The molecule has 0 rings (SSSR count). The summed E-state index contributed by atoms with van der Waals surface area (Å²) < 4.78 is 26.2. The van der Waals surface area contributed by atoms with Gasteiger partial charge in [-0.3, -0.25) is 0 Å². The van der Waals surface area contributed by atoms with Crippen LogP contribution in [0.5, 0.6) is 0 Å². The van der Waals surface area contributed by atoms with Crippen LogP contribution in [0.2, 0.25) is 0 Å². The van der Waals surface area contributed by atoms with Crippen LogP contribution in [0.25, 0.3) is 0 Å². The van der Waals surface area contributed by atoms with E-state index in [9.17, 15) is 8.42 Å². The molecule has 0 aromatic carbocycles. The molecule has 0 spiro atoms. The van der Waals surface area contributed by atoms with Crippen molar-refractivity contribution in [1.82, 2.24) is 9.03 Å². The maximum absolute atomic E-state index is 11.4. The van der Waals surface area contributed by atoms with Crippen molar-refractivity contribution in [3.8, 4) is 0 Å². The minimum Gasteiger partial charge on any atom is -0.195 e. The van der Waals surface area contributed by atoms with E-state index in [4.69, 9.17) is 23.2 Å². The molecule has 0 saturated carbocycles. The number of alkyl halides is 2. The van der Waals surface area contributed by atoms with Gasteiger partial charge in [-0.05, 0) is 6.92 Å². The van der Waals surface area contributed by atoms with Crippen LogP contribution in [0.15, 0.2) is 0 Å². The van der Waals surface area contributed by atoms with Gasteiger partial charge in [-0.25, -0.2) is 0 Å². The quantitative estimate of drug-likeness (QED) is 0.726. The van der Waals surface area contributed by atoms with E-state index >= 15 is 0 Å². The van der Waals surface area contributed by atoms with Crippen molar-refractivity contribution in [2.24, 2.45) is 0 Å². The van der Waals surface area contributed by atoms with Gasteiger partial charge in [0.2, 0.25) is 0 Å². The van der Waals surface area contributed by atoms with Crippen LogP contribution in [0.3, 0.4) is 0 Å². The Morgan fingerprint density at radius 3 is 1.92 bits per heavy atom. The summed E-state index contributed by atoms with van der Waals surface area (Å²) in [6.45, 7) is 1.65. The molecule has 0 aromatic heterocycles. The summed E-state index contributed by atoms with van der Waals surface area (Å²) in [6.07, 6.45) is 0. The molecule has 13 heavy (non-hydrogen) atoms. The van der Waals surface area contributed by atoms with Gasteiger partial charge in [-0.15, -0.1) is 23.2 Å². The lowest BCUT2D eigenvalue weighted by atomic mass is 10.1. The normalized spacial score (nSPS) is 13.7. The van der Waals surface area contributed by atoms with Crippen LogP contribution in [0.1, 0.15) is 6.92 Å². The van der Waals surface area contributed by atoms with Gasteiger partial charge >= 0.3 is 0 Å². The van der Waals surface area contributed by atoms with E-state index in [1.165, 1.54) is 14.1 Å². The fourth-order valence-corrected chi connectivity index (χ4v) is 2.02. The number of nitrogens with zero attached hydrogens (tertiary/aromatic N) is 1. The largest absolute Gasteiger partial charge is 0.279 e. The molecule has 1 N–H and O–H groups in total. The first-order valence-corrected chi connectivity index (χ1v) is 6.12. The monoisotopic (exact) mass is 248 g/mol. The van der Waals surface area contributed by atoms with E-state index in [2.05, 4.69) is 4.72 Å². The van der Waals surface area contributed by atoms with Crippen LogP contribution in [-0.4, -0.2) is 44.1 Å². The molecule has 0 aromatic rings. The summed E-state index contributed by atoms with van der Waals surface area (Å²) >= 11 is 11.2. The topological polar surface area (TPSA) is 49.4 Å². The molecule has 7 heteroatoms. The molecular weight excluding hydrogens is 235 g/mol. The molecule has 0 bridgehead atoms. The van der Waals surface area contributed by atoms with Crippen LogP contribution in [0.4, 0.5) is 0 Å². The highest BCUT2D eigenvalue weighted by atomic mass is 35.5. The number of nitrogens with one attached hydrogen (secondary N) is 1. The van der Waals surface area contributed by atoms with Crippen LogP contribution >= 0.6 is 23.2 Å². The highest BCUT2D eigenvalue weighted by molar-refractivity contribution is 7.87. The molecule has 0 aliphatic carbocycles. The lowest BCUT2D eigenvalue weighted by molar-refractivity contribution is 0.456. The Labute approximate surface area is 89.4 Å². The summed E-state index contributed by atoms with van der Waals surface area (Å²) in [5.41, 5.74) is -0.799. The average Bonchev–Trinajstić information content (AvgIpc) is 2.03. The van der Waals surface area contributed by atoms with Gasteiger partial charge in [0, 0.05) is 25.9 Å². The third kappa shape index (κ3) is 3.99. The third-order valence-electron chi connectivity index (χ3n) is 1.45. The van der Waals surface area contributed by atoms with E-state index in [1.807, 2.05) is 0 Å². The molecule has 4 nitrogen and oxygen atoms in total. The van der Waals surface area contributed by atoms with Crippen molar-refractivity contribution in [3.05, 3.63) is 0 Å². The number of hydrogen-bond donors (Lipinski definition) is 1. The Morgan fingerprint density at radius 2 is 1.69 bits per heavy atom. The Morgan fingerprint density at radius 1 is 1.31 bits per heavy atom. The molecule has 0 aliphatic rings. The van der Waals surface area contributed by atoms with E-state index < -0.39 is 15.7 Å². The van der Waals surface area contributed by atoms with E-state index in [1.54, 1.807) is 6.92 Å². The molecule has 0 heterocycles. The Hall–Kier alpha value is 0.450. The smallest absolute Gasteiger partial charge is 0.195 e. The third-order valence-corrected chi connectivity index (χ3v) is 4.34. The summed E-state index contributed by atoms with van der Waals surface area (Å²) in [7, 11) is -0.594. The fraction of sp³-hybridized carbons (Fsp3) is 1.00. The van der Waals surface area contributed by atoms with Gasteiger partial charge in [0.15, 0.2) is 0 Å². The van der Waals surface area contributed by atoms with E-state index in [0.717, 1.165) is 4.31 Å². The zero-order valence-corrected chi connectivity index (χ0v) is 10.2. The summed E-state index contributed by atoms with van der Waals surface area (Å²) in [6, 6.07) is 0. The molecule has 0 amide bonds. The van der Waals surface area contributed by atoms with Crippen molar-refractivity contribution < 1.29 is 8.42 Å². The zero-order chi connectivity index (χ0) is 10.7. The second-order valence-electron chi connectivity index (χ2n) is 3.22. The van der Waals surface area contributed by atoms with Gasteiger partial charge in [-0.2, -0.15) is 17.4 Å². The second kappa shape index (κ2) is 4.79. The molecule has 0 unspecified atom stereocenters. The first-order valence-electron chi connectivity index (χ1n) is 3.61. The number of hydrogen-bond acceptors (Lipinski definition) is 2. The van der Waals surface area contributed by atoms with Crippen molar-refractivity contribution in [3.63, 3.8) is 0 Å². The predicted octanol–water partition coefficient (Wildman–Crippen LogP) is 0.619. The minimum absolute atomic E-state index is 0.129. The Bertz CT molecular complexity index is 249. The standard InChI is InChI=1S/C6H14Cl2N2O2S/c1-6(4-7,5-8)9-13(11,12)10(2)3/h9H,4-5H2,1-3H3. The van der Waals surface area contributed by atoms with Gasteiger partial charge in [0.05, 0.1) is 5.54 Å². The molecule has 0 atom stereocenters. The van der Waals surface area contributed by atoms with E-state index in [-0.39, 0.29) is 11.8 Å². The van der Waals surface area contributed by atoms with Gasteiger partial charge < -0.3 is 0 Å². The van der Waals surface area contributed by atoms with Crippen molar-refractivity contribution in [2.75, 3.05) is 25.9 Å². The minimum atomic E-state index is -3.47. The van der Waals surface area contributed by atoms with Crippen molar-refractivity contribution in [1.29, 1.82) is 0 Å². The summed E-state index contributed by atoms with van der Waals surface area (Å²) in [4.78, 5) is 0. The zero-order valence-electron chi connectivity index (χ0n) is 7.84.